The van der Waals surface area contributed by atoms with Crippen LogP contribution in [0.3, 0.4) is 0 Å². The first-order valence-electron chi connectivity index (χ1n) is 4.27. The van der Waals surface area contributed by atoms with Gasteiger partial charge in [0.2, 0.25) is 0 Å². The number of hydrogen-bond donors (Lipinski definition) is 1. The van der Waals surface area contributed by atoms with Crippen molar-refractivity contribution in [2.45, 2.75) is 32.7 Å². The summed E-state index contributed by atoms with van der Waals surface area (Å²) in [4.78, 5) is 0. The van der Waals surface area contributed by atoms with Crippen molar-refractivity contribution in [2.24, 2.45) is 5.73 Å². The molecule has 1 heterocycles. The van der Waals surface area contributed by atoms with Gasteiger partial charge < -0.3 is 5.73 Å². The Morgan fingerprint density at radius 3 is 2.58 bits per heavy atom. The van der Waals surface area contributed by atoms with E-state index in [4.69, 9.17) is 5.73 Å². The summed E-state index contributed by atoms with van der Waals surface area (Å²) >= 11 is 0. The molecular formula is C8H16N4. The van der Waals surface area contributed by atoms with E-state index in [9.17, 15) is 0 Å². The topological polar surface area (TPSA) is 56.7 Å². The molecule has 68 valence electrons. The molecule has 2 N–H and O–H groups in total. The monoisotopic (exact) mass is 168 g/mol. The van der Waals surface area contributed by atoms with Crippen LogP contribution >= 0.6 is 0 Å². The number of aromatic nitrogens is 3. The molecule has 0 radical (unpaired) electrons. The lowest BCUT2D eigenvalue weighted by molar-refractivity contribution is 0.514. The van der Waals surface area contributed by atoms with E-state index in [1.165, 1.54) is 0 Å². The molecule has 4 heteroatoms. The predicted molar refractivity (Wildman–Crippen MR) is 47.9 cm³/mol. The van der Waals surface area contributed by atoms with E-state index in [-0.39, 0.29) is 0 Å². The third kappa shape index (κ3) is 1.82. The second-order valence-electron chi connectivity index (χ2n) is 3.35. The summed E-state index contributed by atoms with van der Waals surface area (Å²) in [6.45, 7) is 6.82. The lowest BCUT2D eigenvalue weighted by Gasteiger charge is -2.03. The average molecular weight is 168 g/mol. The Kier molecular flexibility index (Phi) is 2.81. The summed E-state index contributed by atoms with van der Waals surface area (Å²) in [5, 5.41) is 8.04. The van der Waals surface area contributed by atoms with Crippen LogP contribution in [-0.2, 0) is 0 Å². The van der Waals surface area contributed by atoms with E-state index in [0.717, 1.165) is 5.69 Å². The molecule has 1 unspecified atom stereocenters. The Balaban J connectivity index is 2.77. The number of hydrogen-bond acceptors (Lipinski definition) is 3. The smallest absolute Gasteiger partial charge is 0.0867 e. The highest BCUT2D eigenvalue weighted by atomic mass is 15.4. The van der Waals surface area contributed by atoms with Crippen LogP contribution in [-0.4, -0.2) is 21.5 Å². The molecule has 0 amide bonds. The first-order chi connectivity index (χ1) is 5.65. The largest absolute Gasteiger partial charge is 0.330 e. The minimum Gasteiger partial charge on any atom is -0.330 e. The van der Waals surface area contributed by atoms with Gasteiger partial charge in [-0.2, -0.15) is 0 Å². The van der Waals surface area contributed by atoms with Crippen LogP contribution in [0, 0.1) is 0 Å². The number of nitrogens with two attached hydrogens (primary N) is 1. The third-order valence-electron chi connectivity index (χ3n) is 1.92. The fourth-order valence-corrected chi connectivity index (χ4v) is 0.889. The summed E-state index contributed by atoms with van der Waals surface area (Å²) in [5.41, 5.74) is 6.49. The normalized spacial score (nSPS) is 13.8. The molecule has 0 aliphatic carbocycles. The molecule has 0 saturated heterocycles. The minimum absolute atomic E-state index is 0.303. The highest BCUT2D eigenvalue weighted by Gasteiger charge is 2.08. The van der Waals surface area contributed by atoms with Crippen LogP contribution in [0.5, 0.6) is 0 Å². The predicted octanol–water partition coefficient (Wildman–Crippen LogP) is 0.921. The number of nitrogens with zero attached hydrogens (tertiary/aromatic N) is 3. The summed E-state index contributed by atoms with van der Waals surface area (Å²) in [6.07, 6.45) is 1.96. The summed E-state index contributed by atoms with van der Waals surface area (Å²) < 4.78 is 1.85. The van der Waals surface area contributed by atoms with Crippen molar-refractivity contribution in [2.75, 3.05) is 6.54 Å². The van der Waals surface area contributed by atoms with E-state index in [0.29, 0.717) is 18.5 Å². The van der Waals surface area contributed by atoms with Gasteiger partial charge in [0.25, 0.3) is 0 Å². The fraction of sp³-hybridized carbons (Fsp3) is 0.750. The standard InChI is InChI=1S/C8H16N4/c1-6(2)12-5-8(10-11-12)7(3)4-9/h5-7H,4,9H2,1-3H3. The van der Waals surface area contributed by atoms with Gasteiger partial charge in [-0.05, 0) is 13.8 Å². The second kappa shape index (κ2) is 3.67. The van der Waals surface area contributed by atoms with Gasteiger partial charge in [-0.1, -0.05) is 12.1 Å². The Hall–Kier alpha value is -0.900. The Morgan fingerprint density at radius 2 is 2.17 bits per heavy atom. The maximum absolute atomic E-state index is 5.51. The van der Waals surface area contributed by atoms with Crippen molar-refractivity contribution in [1.29, 1.82) is 0 Å². The lowest BCUT2D eigenvalue weighted by atomic mass is 10.1. The molecule has 0 aliphatic heterocycles. The van der Waals surface area contributed by atoms with Crippen molar-refractivity contribution in [1.82, 2.24) is 15.0 Å². The molecule has 0 aliphatic rings. The van der Waals surface area contributed by atoms with Crippen LogP contribution in [0.2, 0.25) is 0 Å². The van der Waals surface area contributed by atoms with Crippen molar-refractivity contribution in [3.8, 4) is 0 Å². The lowest BCUT2D eigenvalue weighted by Crippen LogP contribution is -2.09. The fourth-order valence-electron chi connectivity index (χ4n) is 0.889. The third-order valence-corrected chi connectivity index (χ3v) is 1.92. The van der Waals surface area contributed by atoms with Crippen molar-refractivity contribution in [3.63, 3.8) is 0 Å². The van der Waals surface area contributed by atoms with Crippen LogP contribution in [0.1, 0.15) is 38.4 Å². The SMILES string of the molecule is CC(CN)c1cn(C(C)C)nn1. The van der Waals surface area contributed by atoms with Crippen LogP contribution in [0.15, 0.2) is 6.20 Å². The molecular weight excluding hydrogens is 152 g/mol. The summed E-state index contributed by atoms with van der Waals surface area (Å²) in [5.74, 6) is 0.303. The quantitative estimate of drug-likeness (QED) is 0.730. The zero-order chi connectivity index (χ0) is 9.14. The summed E-state index contributed by atoms with van der Waals surface area (Å²) in [7, 11) is 0. The molecule has 0 bridgehead atoms. The molecule has 1 rings (SSSR count). The first-order valence-corrected chi connectivity index (χ1v) is 4.27. The highest BCUT2D eigenvalue weighted by Crippen LogP contribution is 2.11. The first kappa shape index (κ1) is 9.19. The van der Waals surface area contributed by atoms with Gasteiger partial charge in [0.05, 0.1) is 5.69 Å². The van der Waals surface area contributed by atoms with E-state index in [1.54, 1.807) is 0 Å². The van der Waals surface area contributed by atoms with Gasteiger partial charge in [-0.3, -0.25) is 0 Å². The highest BCUT2D eigenvalue weighted by molar-refractivity contribution is 5.00. The van der Waals surface area contributed by atoms with Gasteiger partial charge >= 0.3 is 0 Å². The molecule has 0 fully saturated rings. The molecule has 12 heavy (non-hydrogen) atoms. The molecule has 0 saturated carbocycles. The van der Waals surface area contributed by atoms with Crippen molar-refractivity contribution in [3.05, 3.63) is 11.9 Å². The van der Waals surface area contributed by atoms with Crippen molar-refractivity contribution < 1.29 is 0 Å². The van der Waals surface area contributed by atoms with Crippen LogP contribution < -0.4 is 5.73 Å². The number of rotatable bonds is 3. The van der Waals surface area contributed by atoms with E-state index < -0.39 is 0 Å². The van der Waals surface area contributed by atoms with E-state index >= 15 is 0 Å². The Labute approximate surface area is 72.8 Å². The van der Waals surface area contributed by atoms with Gasteiger partial charge in [-0.15, -0.1) is 5.10 Å². The Bertz CT molecular complexity index is 241. The van der Waals surface area contributed by atoms with Gasteiger partial charge in [-0.25, -0.2) is 4.68 Å². The van der Waals surface area contributed by atoms with Gasteiger partial charge in [0.15, 0.2) is 0 Å². The van der Waals surface area contributed by atoms with E-state index in [1.807, 2.05) is 10.9 Å². The molecule has 4 nitrogen and oxygen atoms in total. The maximum atomic E-state index is 5.51. The average Bonchev–Trinajstić information content (AvgIpc) is 2.51. The summed E-state index contributed by atoms with van der Waals surface area (Å²) in [6, 6.07) is 0.372. The molecule has 0 spiro atoms. The zero-order valence-corrected chi connectivity index (χ0v) is 7.86. The van der Waals surface area contributed by atoms with Crippen LogP contribution in [0.4, 0.5) is 0 Å². The van der Waals surface area contributed by atoms with Gasteiger partial charge in [0.1, 0.15) is 0 Å². The van der Waals surface area contributed by atoms with Crippen molar-refractivity contribution >= 4 is 0 Å². The molecule has 1 aromatic heterocycles. The van der Waals surface area contributed by atoms with E-state index in [2.05, 4.69) is 31.1 Å². The minimum atomic E-state index is 0.303. The van der Waals surface area contributed by atoms with Gasteiger partial charge in [0, 0.05) is 24.7 Å². The molecule has 1 atom stereocenters. The zero-order valence-electron chi connectivity index (χ0n) is 7.86. The molecule has 0 aromatic carbocycles. The molecule has 1 aromatic rings. The Morgan fingerprint density at radius 1 is 1.50 bits per heavy atom. The maximum Gasteiger partial charge on any atom is 0.0867 e. The van der Waals surface area contributed by atoms with Crippen LogP contribution in [0.25, 0.3) is 0 Å². The second-order valence-corrected chi connectivity index (χ2v) is 3.35.